The minimum Gasteiger partial charge on any atom is -0.396 e. The van der Waals surface area contributed by atoms with Gasteiger partial charge in [0, 0.05) is 6.61 Å². The summed E-state index contributed by atoms with van der Waals surface area (Å²) in [5.41, 5.74) is 1.14. The highest BCUT2D eigenvalue weighted by atomic mass is 19.1. The quantitative estimate of drug-likeness (QED) is 0.673. The Morgan fingerprint density at radius 1 is 1.07 bits per heavy atom. The van der Waals surface area contributed by atoms with Crippen LogP contribution in [-0.4, -0.2) is 24.8 Å². The molecular weight excluding hydrogens is 193 g/mol. The standard InChI is InChI=1S/C12H18FNO/c13-12-5-3-11(4-6-12)7-9-14-8-1-2-10-15/h3-6,14-15H,1-2,7-10H2. The van der Waals surface area contributed by atoms with Crippen LogP contribution in [0.25, 0.3) is 0 Å². The smallest absolute Gasteiger partial charge is 0.123 e. The molecule has 2 N–H and O–H groups in total. The topological polar surface area (TPSA) is 32.3 Å². The highest BCUT2D eigenvalue weighted by molar-refractivity contribution is 5.16. The first kappa shape index (κ1) is 12.1. The number of hydrogen-bond acceptors (Lipinski definition) is 2. The van der Waals surface area contributed by atoms with Crippen LogP contribution < -0.4 is 5.32 Å². The Hall–Kier alpha value is -0.930. The number of hydrogen-bond donors (Lipinski definition) is 2. The van der Waals surface area contributed by atoms with Crippen LogP contribution in [0.5, 0.6) is 0 Å². The number of benzene rings is 1. The molecule has 0 aliphatic heterocycles. The molecule has 0 saturated heterocycles. The van der Waals surface area contributed by atoms with E-state index in [-0.39, 0.29) is 12.4 Å². The van der Waals surface area contributed by atoms with Gasteiger partial charge >= 0.3 is 0 Å². The molecule has 0 radical (unpaired) electrons. The van der Waals surface area contributed by atoms with Crippen LogP contribution in [-0.2, 0) is 6.42 Å². The number of rotatable bonds is 7. The average molecular weight is 211 g/mol. The summed E-state index contributed by atoms with van der Waals surface area (Å²) in [6.07, 6.45) is 2.77. The molecule has 2 nitrogen and oxygen atoms in total. The van der Waals surface area contributed by atoms with Crippen molar-refractivity contribution in [2.24, 2.45) is 0 Å². The van der Waals surface area contributed by atoms with Crippen LogP contribution >= 0.6 is 0 Å². The van der Waals surface area contributed by atoms with E-state index in [0.717, 1.165) is 37.9 Å². The molecule has 0 aliphatic carbocycles. The van der Waals surface area contributed by atoms with Gasteiger partial charge in [-0.25, -0.2) is 4.39 Å². The first-order valence-electron chi connectivity index (χ1n) is 5.39. The van der Waals surface area contributed by atoms with Crippen molar-refractivity contribution in [3.8, 4) is 0 Å². The molecule has 1 rings (SSSR count). The summed E-state index contributed by atoms with van der Waals surface area (Å²) in [6.45, 7) is 2.10. The Kier molecular flexibility index (Phi) is 5.97. The molecule has 3 heteroatoms. The number of nitrogens with one attached hydrogen (secondary N) is 1. The number of unbranched alkanes of at least 4 members (excludes halogenated alkanes) is 1. The van der Waals surface area contributed by atoms with Crippen molar-refractivity contribution in [2.45, 2.75) is 19.3 Å². The van der Waals surface area contributed by atoms with E-state index in [1.54, 1.807) is 0 Å². The lowest BCUT2D eigenvalue weighted by Gasteiger charge is -2.04. The zero-order valence-electron chi connectivity index (χ0n) is 8.88. The van der Waals surface area contributed by atoms with Gasteiger partial charge in [-0.3, -0.25) is 0 Å². The molecule has 15 heavy (non-hydrogen) atoms. The molecule has 0 bridgehead atoms. The second-order valence-corrected chi connectivity index (χ2v) is 3.56. The Morgan fingerprint density at radius 2 is 1.80 bits per heavy atom. The summed E-state index contributed by atoms with van der Waals surface area (Å²) in [5.74, 6) is -0.186. The average Bonchev–Trinajstić information content (AvgIpc) is 2.26. The van der Waals surface area contributed by atoms with E-state index in [1.807, 2.05) is 12.1 Å². The van der Waals surface area contributed by atoms with Crippen molar-refractivity contribution in [3.63, 3.8) is 0 Å². The van der Waals surface area contributed by atoms with Gasteiger partial charge < -0.3 is 10.4 Å². The molecule has 1 aromatic carbocycles. The van der Waals surface area contributed by atoms with E-state index in [2.05, 4.69) is 5.32 Å². The van der Waals surface area contributed by atoms with Crippen molar-refractivity contribution >= 4 is 0 Å². The molecule has 0 aromatic heterocycles. The van der Waals surface area contributed by atoms with Crippen molar-refractivity contribution in [3.05, 3.63) is 35.6 Å². The van der Waals surface area contributed by atoms with Gasteiger partial charge in [-0.05, 0) is 50.0 Å². The lowest BCUT2D eigenvalue weighted by molar-refractivity contribution is 0.284. The van der Waals surface area contributed by atoms with Gasteiger partial charge in [0.25, 0.3) is 0 Å². The third-order valence-corrected chi connectivity index (χ3v) is 2.27. The van der Waals surface area contributed by atoms with E-state index >= 15 is 0 Å². The van der Waals surface area contributed by atoms with Gasteiger partial charge in [-0.15, -0.1) is 0 Å². The Balaban J connectivity index is 2.07. The maximum absolute atomic E-state index is 12.6. The monoisotopic (exact) mass is 211 g/mol. The van der Waals surface area contributed by atoms with Crippen molar-refractivity contribution < 1.29 is 9.50 Å². The van der Waals surface area contributed by atoms with E-state index in [9.17, 15) is 4.39 Å². The van der Waals surface area contributed by atoms with Crippen molar-refractivity contribution in [1.29, 1.82) is 0 Å². The second-order valence-electron chi connectivity index (χ2n) is 3.56. The Bertz CT molecular complexity index is 261. The van der Waals surface area contributed by atoms with E-state index in [0.29, 0.717) is 0 Å². The summed E-state index contributed by atoms with van der Waals surface area (Å²) in [4.78, 5) is 0. The molecule has 0 unspecified atom stereocenters. The van der Waals surface area contributed by atoms with Gasteiger partial charge in [-0.1, -0.05) is 12.1 Å². The Labute approximate surface area is 90.1 Å². The third kappa shape index (κ3) is 5.50. The highest BCUT2D eigenvalue weighted by Gasteiger charge is 1.93. The van der Waals surface area contributed by atoms with E-state index in [4.69, 9.17) is 5.11 Å². The maximum atomic E-state index is 12.6. The van der Waals surface area contributed by atoms with Gasteiger partial charge in [0.05, 0.1) is 0 Å². The minimum absolute atomic E-state index is 0.186. The van der Waals surface area contributed by atoms with Crippen molar-refractivity contribution in [1.82, 2.24) is 5.32 Å². The fourth-order valence-electron chi connectivity index (χ4n) is 1.37. The molecule has 0 aliphatic rings. The lowest BCUT2D eigenvalue weighted by atomic mass is 10.1. The number of halogens is 1. The summed E-state index contributed by atoms with van der Waals surface area (Å²) in [7, 11) is 0. The van der Waals surface area contributed by atoms with Gasteiger partial charge in [0.15, 0.2) is 0 Å². The molecule has 0 spiro atoms. The predicted molar refractivity (Wildman–Crippen MR) is 59.3 cm³/mol. The van der Waals surface area contributed by atoms with Crippen LogP contribution in [0.3, 0.4) is 0 Å². The van der Waals surface area contributed by atoms with Crippen LogP contribution in [0, 0.1) is 5.82 Å². The zero-order chi connectivity index (χ0) is 10.9. The summed E-state index contributed by atoms with van der Waals surface area (Å²) >= 11 is 0. The first-order valence-corrected chi connectivity index (χ1v) is 5.39. The van der Waals surface area contributed by atoms with E-state index in [1.165, 1.54) is 12.1 Å². The molecule has 0 fully saturated rings. The molecule has 0 saturated carbocycles. The van der Waals surface area contributed by atoms with Gasteiger partial charge in [-0.2, -0.15) is 0 Å². The van der Waals surface area contributed by atoms with Crippen molar-refractivity contribution in [2.75, 3.05) is 19.7 Å². The lowest BCUT2D eigenvalue weighted by Crippen LogP contribution is -2.18. The SMILES string of the molecule is OCCCCNCCc1ccc(F)cc1. The summed E-state index contributed by atoms with van der Waals surface area (Å²) in [5, 5.41) is 11.8. The van der Waals surface area contributed by atoms with Crippen LogP contribution in [0.15, 0.2) is 24.3 Å². The maximum Gasteiger partial charge on any atom is 0.123 e. The molecular formula is C12H18FNO. The number of aliphatic hydroxyl groups excluding tert-OH is 1. The third-order valence-electron chi connectivity index (χ3n) is 2.27. The molecule has 0 atom stereocenters. The van der Waals surface area contributed by atoms with Crippen LogP contribution in [0.4, 0.5) is 4.39 Å². The van der Waals surface area contributed by atoms with Crippen LogP contribution in [0.1, 0.15) is 18.4 Å². The molecule has 84 valence electrons. The highest BCUT2D eigenvalue weighted by Crippen LogP contribution is 2.02. The normalized spacial score (nSPS) is 10.5. The first-order chi connectivity index (χ1) is 7.33. The van der Waals surface area contributed by atoms with Gasteiger partial charge in [0.1, 0.15) is 5.82 Å². The number of aliphatic hydroxyl groups is 1. The molecule has 0 heterocycles. The zero-order valence-corrected chi connectivity index (χ0v) is 8.88. The minimum atomic E-state index is -0.186. The largest absolute Gasteiger partial charge is 0.396 e. The molecule has 0 amide bonds. The van der Waals surface area contributed by atoms with Gasteiger partial charge in [0.2, 0.25) is 0 Å². The fraction of sp³-hybridized carbons (Fsp3) is 0.500. The Morgan fingerprint density at radius 3 is 2.47 bits per heavy atom. The fourth-order valence-corrected chi connectivity index (χ4v) is 1.37. The summed E-state index contributed by atoms with van der Waals surface area (Å²) in [6, 6.07) is 6.59. The second kappa shape index (κ2) is 7.37. The summed E-state index contributed by atoms with van der Waals surface area (Å²) < 4.78 is 12.6. The molecule has 1 aromatic rings. The van der Waals surface area contributed by atoms with Crippen LogP contribution in [0.2, 0.25) is 0 Å². The predicted octanol–water partition coefficient (Wildman–Crippen LogP) is 1.73. The van der Waals surface area contributed by atoms with E-state index < -0.39 is 0 Å².